The van der Waals surface area contributed by atoms with Gasteiger partial charge in [-0.05, 0) is 77.2 Å². The van der Waals surface area contributed by atoms with Gasteiger partial charge in [-0.2, -0.15) is 0 Å². The van der Waals surface area contributed by atoms with Gasteiger partial charge in [0.25, 0.3) is 11.8 Å². The van der Waals surface area contributed by atoms with Crippen molar-refractivity contribution in [2.75, 3.05) is 24.3 Å². The molecule has 58 heavy (non-hydrogen) atoms. The van der Waals surface area contributed by atoms with Crippen molar-refractivity contribution in [3.8, 4) is 0 Å². The fourth-order valence-electron chi connectivity index (χ4n) is 6.57. The molecule has 12 heteroatoms. The molecule has 292 valence electrons. The van der Waals surface area contributed by atoms with E-state index in [-0.39, 0.29) is 11.6 Å². The van der Waals surface area contributed by atoms with E-state index in [0.29, 0.717) is 45.2 Å². The molecule has 0 radical (unpaired) electrons. The molecule has 0 aliphatic carbocycles. The zero-order chi connectivity index (χ0) is 40.4. The summed E-state index contributed by atoms with van der Waals surface area (Å²) in [7, 11) is 1.34. The molecule has 0 fully saturated rings. The average molecular weight is 811 g/mol. The lowest BCUT2D eigenvalue weighted by molar-refractivity contribution is -0.116. The number of thiophene rings is 1. The molecule has 2 heterocycles. The van der Waals surface area contributed by atoms with E-state index in [2.05, 4.69) is 33.0 Å². The molecule has 0 spiro atoms. The van der Waals surface area contributed by atoms with Gasteiger partial charge in [0.1, 0.15) is 21.8 Å². The second-order valence-electron chi connectivity index (χ2n) is 13.5. The van der Waals surface area contributed by atoms with Crippen molar-refractivity contribution in [2.24, 2.45) is 0 Å². The standard InChI is InChI=1S/C46H39FN4O5S2/c1-56-46(55)40-37-24-25-51(28-31-12-5-2-6-13-31)29-39(37)58-45(40)50-44(54)41(32-14-7-3-8-15-32)57-36-19-11-18-35(27-36)48-43(53)38(26-30-20-22-34(47)23-21-30)49-42(52)33-16-9-4-10-17-33/h2-23,26-27,41H,24-25,28-29H2,1H3,(H,48,53)(H,49,52)(H,50,54)/b38-26+. The summed E-state index contributed by atoms with van der Waals surface area (Å²) >= 11 is 2.68. The van der Waals surface area contributed by atoms with Crippen molar-refractivity contribution in [3.05, 3.63) is 189 Å². The Kier molecular flexibility index (Phi) is 12.9. The maximum absolute atomic E-state index is 14.3. The Balaban J connectivity index is 1.11. The number of nitrogens with zero attached hydrogens (tertiary/aromatic N) is 1. The number of ether oxygens (including phenoxy) is 1. The molecule has 0 bridgehead atoms. The Bertz CT molecular complexity index is 2440. The largest absolute Gasteiger partial charge is 0.465 e. The number of carbonyl (C=O) groups excluding carboxylic acids is 4. The van der Waals surface area contributed by atoms with Crippen LogP contribution in [0.15, 0.2) is 150 Å². The lowest BCUT2D eigenvalue weighted by Gasteiger charge is -2.27. The molecule has 6 aromatic rings. The van der Waals surface area contributed by atoms with Gasteiger partial charge >= 0.3 is 5.97 Å². The first kappa shape index (κ1) is 39.9. The van der Waals surface area contributed by atoms with Crippen LogP contribution in [-0.4, -0.2) is 42.2 Å². The van der Waals surface area contributed by atoms with Crippen molar-refractivity contribution in [3.63, 3.8) is 0 Å². The summed E-state index contributed by atoms with van der Waals surface area (Å²) in [5, 5.41) is 8.34. The van der Waals surface area contributed by atoms with Crippen LogP contribution in [0, 0.1) is 5.82 Å². The predicted molar refractivity (Wildman–Crippen MR) is 227 cm³/mol. The van der Waals surface area contributed by atoms with E-state index >= 15 is 0 Å². The van der Waals surface area contributed by atoms with Crippen LogP contribution in [0.1, 0.15) is 53.1 Å². The monoisotopic (exact) mass is 810 g/mol. The summed E-state index contributed by atoms with van der Waals surface area (Å²) in [6.07, 6.45) is 2.11. The van der Waals surface area contributed by atoms with Crippen molar-refractivity contribution < 1.29 is 28.3 Å². The van der Waals surface area contributed by atoms with Crippen LogP contribution in [0.3, 0.4) is 0 Å². The highest BCUT2D eigenvalue weighted by atomic mass is 32.2. The third-order valence-electron chi connectivity index (χ3n) is 9.41. The van der Waals surface area contributed by atoms with E-state index in [0.717, 1.165) is 29.1 Å². The van der Waals surface area contributed by atoms with Crippen molar-refractivity contribution in [1.82, 2.24) is 10.2 Å². The van der Waals surface area contributed by atoms with Gasteiger partial charge in [0, 0.05) is 40.7 Å². The quantitative estimate of drug-likeness (QED) is 0.0606. The number of thioether (sulfide) groups is 1. The molecule has 0 saturated heterocycles. The molecule has 1 aliphatic rings. The topological polar surface area (TPSA) is 117 Å². The van der Waals surface area contributed by atoms with Crippen LogP contribution in [0.2, 0.25) is 0 Å². The van der Waals surface area contributed by atoms with Crippen LogP contribution >= 0.6 is 23.1 Å². The van der Waals surface area contributed by atoms with Gasteiger partial charge in [-0.25, -0.2) is 9.18 Å². The molecular formula is C46H39FN4O5S2. The highest BCUT2D eigenvalue weighted by molar-refractivity contribution is 8.00. The number of rotatable bonds is 13. The van der Waals surface area contributed by atoms with Gasteiger partial charge in [-0.1, -0.05) is 97.1 Å². The van der Waals surface area contributed by atoms with Crippen molar-refractivity contribution in [2.45, 2.75) is 29.7 Å². The number of carbonyl (C=O) groups is 4. The second kappa shape index (κ2) is 18.7. The Morgan fingerprint density at radius 1 is 0.845 bits per heavy atom. The average Bonchev–Trinajstić information content (AvgIpc) is 3.60. The van der Waals surface area contributed by atoms with E-state index in [1.165, 1.54) is 66.1 Å². The first-order valence-corrected chi connectivity index (χ1v) is 20.2. The summed E-state index contributed by atoms with van der Waals surface area (Å²) in [4.78, 5) is 58.4. The highest BCUT2D eigenvalue weighted by Gasteiger charge is 2.31. The van der Waals surface area contributed by atoms with Gasteiger partial charge in [-0.15, -0.1) is 23.1 Å². The van der Waals surface area contributed by atoms with Gasteiger partial charge in [0.2, 0.25) is 5.91 Å². The number of anilines is 2. The molecule has 3 N–H and O–H groups in total. The molecule has 9 nitrogen and oxygen atoms in total. The summed E-state index contributed by atoms with van der Waals surface area (Å²) in [5.74, 6) is -2.35. The Morgan fingerprint density at radius 2 is 1.53 bits per heavy atom. The lowest BCUT2D eigenvalue weighted by atomic mass is 10.0. The number of halogens is 1. The zero-order valence-electron chi connectivity index (χ0n) is 31.4. The number of fused-ring (bicyclic) bond motifs is 1. The first-order chi connectivity index (χ1) is 28.2. The van der Waals surface area contributed by atoms with Crippen molar-refractivity contribution in [1.29, 1.82) is 0 Å². The van der Waals surface area contributed by atoms with E-state index < -0.39 is 28.9 Å². The summed E-state index contributed by atoms with van der Waals surface area (Å²) in [6.45, 7) is 2.17. The molecule has 1 aliphatic heterocycles. The lowest BCUT2D eigenvalue weighted by Crippen LogP contribution is -2.30. The van der Waals surface area contributed by atoms with Crippen LogP contribution in [-0.2, 0) is 33.8 Å². The number of esters is 1. The number of amides is 3. The Hall–Kier alpha value is -6.34. The zero-order valence-corrected chi connectivity index (χ0v) is 33.1. The predicted octanol–water partition coefficient (Wildman–Crippen LogP) is 9.11. The molecule has 0 saturated carbocycles. The fourth-order valence-corrected chi connectivity index (χ4v) is 8.93. The minimum atomic E-state index is -0.745. The molecule has 1 atom stereocenters. The number of hydrogen-bond acceptors (Lipinski definition) is 8. The normalized spacial score (nSPS) is 13.2. The minimum absolute atomic E-state index is 0.0525. The molecule has 3 amide bonds. The third kappa shape index (κ3) is 9.96. The second-order valence-corrected chi connectivity index (χ2v) is 15.7. The van der Waals surface area contributed by atoms with E-state index in [9.17, 15) is 23.6 Å². The third-order valence-corrected chi connectivity index (χ3v) is 11.8. The fraction of sp³-hybridized carbons (Fsp3) is 0.130. The number of hydrogen-bond donors (Lipinski definition) is 3. The van der Waals surface area contributed by atoms with Gasteiger partial charge in [0.15, 0.2) is 0 Å². The molecule has 5 aromatic carbocycles. The van der Waals surface area contributed by atoms with Crippen LogP contribution < -0.4 is 16.0 Å². The highest BCUT2D eigenvalue weighted by Crippen LogP contribution is 2.41. The Labute approximate surface area is 343 Å². The number of nitrogens with one attached hydrogen (secondary N) is 3. The summed E-state index contributed by atoms with van der Waals surface area (Å²) in [6, 6.07) is 40.6. The van der Waals surface area contributed by atoms with Gasteiger partial charge in [-0.3, -0.25) is 19.3 Å². The molecular weight excluding hydrogens is 772 g/mol. The SMILES string of the molecule is COC(=O)c1c(NC(=O)C(Sc2cccc(NC(=O)/C(=C\c3ccc(F)cc3)NC(=O)c3ccccc3)c2)c2ccccc2)sc2c1CCN(Cc1ccccc1)C2. The molecule has 1 aromatic heterocycles. The number of methoxy groups -OCH3 is 1. The molecule has 7 rings (SSSR count). The van der Waals surface area contributed by atoms with Gasteiger partial charge < -0.3 is 20.7 Å². The van der Waals surface area contributed by atoms with Crippen LogP contribution in [0.25, 0.3) is 6.08 Å². The van der Waals surface area contributed by atoms with Gasteiger partial charge in [0.05, 0.1) is 12.7 Å². The Morgan fingerprint density at radius 3 is 2.24 bits per heavy atom. The smallest absolute Gasteiger partial charge is 0.341 e. The van der Waals surface area contributed by atoms with Crippen LogP contribution in [0.4, 0.5) is 15.1 Å². The molecule has 1 unspecified atom stereocenters. The van der Waals surface area contributed by atoms with Crippen LogP contribution in [0.5, 0.6) is 0 Å². The first-order valence-electron chi connectivity index (χ1n) is 18.5. The summed E-state index contributed by atoms with van der Waals surface area (Å²) < 4.78 is 18.9. The van der Waals surface area contributed by atoms with E-state index in [4.69, 9.17) is 4.74 Å². The maximum atomic E-state index is 14.3. The number of benzene rings is 5. The van der Waals surface area contributed by atoms with E-state index in [1.54, 1.807) is 48.5 Å². The van der Waals surface area contributed by atoms with E-state index in [1.807, 2.05) is 54.6 Å². The van der Waals surface area contributed by atoms with Crippen molar-refractivity contribution >= 4 is 63.6 Å². The maximum Gasteiger partial charge on any atom is 0.341 e. The summed E-state index contributed by atoms with van der Waals surface area (Å²) in [5.41, 5.74) is 4.46. The minimum Gasteiger partial charge on any atom is -0.465 e.